The maximum absolute atomic E-state index is 3.44. The molecule has 0 saturated heterocycles. The van der Waals surface area contributed by atoms with E-state index in [2.05, 4.69) is 86.9 Å². The maximum Gasteiger partial charge on any atom is 0.0398 e. The minimum absolute atomic E-state index is 0.439. The molecular formula is C22H27N. The van der Waals surface area contributed by atoms with E-state index in [0.29, 0.717) is 17.8 Å². The van der Waals surface area contributed by atoms with Crippen molar-refractivity contribution in [3.05, 3.63) is 83.1 Å². The zero-order valence-corrected chi connectivity index (χ0v) is 14.4. The predicted molar refractivity (Wildman–Crippen MR) is 99.1 cm³/mol. The minimum atomic E-state index is 0.439. The van der Waals surface area contributed by atoms with Gasteiger partial charge in [-0.2, -0.15) is 0 Å². The number of hydrogen-bond acceptors (Lipinski definition) is 1. The number of benzene rings is 1. The van der Waals surface area contributed by atoms with Crippen molar-refractivity contribution in [2.24, 2.45) is 11.8 Å². The second kappa shape index (κ2) is 7.04. The van der Waals surface area contributed by atoms with Crippen molar-refractivity contribution < 1.29 is 0 Å². The molecule has 0 aromatic heterocycles. The second-order valence-electron chi connectivity index (χ2n) is 6.93. The van der Waals surface area contributed by atoms with Gasteiger partial charge in [0.25, 0.3) is 0 Å². The van der Waals surface area contributed by atoms with Gasteiger partial charge in [-0.15, -0.1) is 0 Å². The second-order valence-corrected chi connectivity index (χ2v) is 6.93. The van der Waals surface area contributed by atoms with Crippen LogP contribution in [0.25, 0.3) is 0 Å². The highest BCUT2D eigenvalue weighted by molar-refractivity contribution is 5.39. The highest BCUT2D eigenvalue weighted by atomic mass is 14.8. The van der Waals surface area contributed by atoms with Crippen LogP contribution in [0, 0.1) is 11.8 Å². The lowest BCUT2D eigenvalue weighted by atomic mass is 9.84. The van der Waals surface area contributed by atoms with Crippen molar-refractivity contribution in [3.8, 4) is 0 Å². The summed E-state index contributed by atoms with van der Waals surface area (Å²) >= 11 is 0. The predicted octanol–water partition coefficient (Wildman–Crippen LogP) is 5.49. The Kier molecular flexibility index (Phi) is 4.85. The van der Waals surface area contributed by atoms with Crippen LogP contribution in [0.5, 0.6) is 0 Å². The van der Waals surface area contributed by atoms with E-state index >= 15 is 0 Å². The average Bonchev–Trinajstić information content (AvgIpc) is 2.65. The molecule has 2 unspecified atom stereocenters. The highest BCUT2D eigenvalue weighted by Gasteiger charge is 2.16. The zero-order valence-electron chi connectivity index (χ0n) is 14.4. The third-order valence-electron chi connectivity index (χ3n) is 4.90. The Morgan fingerprint density at radius 3 is 2.70 bits per heavy atom. The van der Waals surface area contributed by atoms with Gasteiger partial charge in [-0.1, -0.05) is 69.3 Å². The molecule has 3 rings (SSSR count). The van der Waals surface area contributed by atoms with Crippen LogP contribution in [0.4, 0.5) is 0 Å². The lowest BCUT2D eigenvalue weighted by Crippen LogP contribution is -2.07. The fourth-order valence-electron chi connectivity index (χ4n) is 3.46. The summed E-state index contributed by atoms with van der Waals surface area (Å²) in [6.45, 7) is 7.73. The molecule has 0 saturated carbocycles. The molecule has 0 fully saturated rings. The summed E-state index contributed by atoms with van der Waals surface area (Å²) in [5.74, 6) is 1.54. The Bertz CT molecular complexity index is 673. The molecule has 120 valence electrons. The first-order chi connectivity index (χ1) is 11.1. The van der Waals surface area contributed by atoms with Gasteiger partial charge in [0.05, 0.1) is 0 Å². The topological polar surface area (TPSA) is 12.0 Å². The average molecular weight is 305 g/mol. The van der Waals surface area contributed by atoms with Gasteiger partial charge in [0, 0.05) is 12.5 Å². The van der Waals surface area contributed by atoms with Crippen molar-refractivity contribution >= 4 is 0 Å². The minimum Gasteiger partial charge on any atom is -0.387 e. The summed E-state index contributed by atoms with van der Waals surface area (Å²) < 4.78 is 0. The van der Waals surface area contributed by atoms with E-state index in [9.17, 15) is 0 Å². The summed E-state index contributed by atoms with van der Waals surface area (Å²) in [6.07, 6.45) is 15.0. The van der Waals surface area contributed by atoms with E-state index in [4.69, 9.17) is 0 Å². The Balaban J connectivity index is 1.87. The van der Waals surface area contributed by atoms with Crippen molar-refractivity contribution in [2.75, 3.05) is 0 Å². The van der Waals surface area contributed by atoms with Gasteiger partial charge in [-0.25, -0.2) is 0 Å². The first kappa shape index (κ1) is 15.9. The van der Waals surface area contributed by atoms with Crippen LogP contribution < -0.4 is 5.32 Å². The molecule has 0 radical (unpaired) electrons. The van der Waals surface area contributed by atoms with Crippen LogP contribution in [0.2, 0.25) is 0 Å². The van der Waals surface area contributed by atoms with Crippen LogP contribution in [0.3, 0.4) is 0 Å². The number of allylic oxidation sites excluding steroid dienone is 7. The van der Waals surface area contributed by atoms with Crippen molar-refractivity contribution in [2.45, 2.75) is 39.7 Å². The summed E-state index contributed by atoms with van der Waals surface area (Å²) in [6, 6.07) is 8.76. The maximum atomic E-state index is 3.44. The van der Waals surface area contributed by atoms with Gasteiger partial charge in [0.1, 0.15) is 0 Å². The molecule has 1 heteroatoms. The third-order valence-corrected chi connectivity index (χ3v) is 4.90. The van der Waals surface area contributed by atoms with Crippen molar-refractivity contribution in [1.82, 2.24) is 5.32 Å². The molecule has 1 N–H and O–H groups in total. The van der Waals surface area contributed by atoms with E-state index < -0.39 is 0 Å². The van der Waals surface area contributed by atoms with Gasteiger partial charge < -0.3 is 5.32 Å². The smallest absolute Gasteiger partial charge is 0.0398 e. The quantitative estimate of drug-likeness (QED) is 0.761. The van der Waals surface area contributed by atoms with Crippen molar-refractivity contribution in [3.63, 3.8) is 0 Å². The van der Waals surface area contributed by atoms with E-state index in [1.807, 2.05) is 0 Å². The monoisotopic (exact) mass is 305 g/mol. The SMILES string of the molecule is CC(C)C1=CCC(C2=CC(C)c3ccccc3CNC=C2)C=C1. The molecule has 0 spiro atoms. The van der Waals surface area contributed by atoms with E-state index in [0.717, 1.165) is 13.0 Å². The lowest BCUT2D eigenvalue weighted by Gasteiger charge is -2.20. The van der Waals surface area contributed by atoms with Crippen LogP contribution in [0.15, 0.2) is 72.0 Å². The Morgan fingerprint density at radius 1 is 1.13 bits per heavy atom. The number of rotatable bonds is 2. The van der Waals surface area contributed by atoms with Crippen LogP contribution in [-0.4, -0.2) is 0 Å². The van der Waals surface area contributed by atoms with Crippen LogP contribution in [0.1, 0.15) is 44.2 Å². The molecule has 1 nitrogen and oxygen atoms in total. The molecule has 1 aromatic rings. The zero-order chi connectivity index (χ0) is 16.2. The largest absolute Gasteiger partial charge is 0.387 e. The van der Waals surface area contributed by atoms with Gasteiger partial charge in [-0.05, 0) is 52.8 Å². The number of nitrogens with one attached hydrogen (secondary N) is 1. The fraction of sp³-hybridized carbons (Fsp3) is 0.364. The first-order valence-corrected chi connectivity index (χ1v) is 8.73. The molecule has 0 amide bonds. The molecule has 1 aliphatic carbocycles. The molecule has 23 heavy (non-hydrogen) atoms. The Labute approximate surface area is 140 Å². The molecule has 1 aliphatic heterocycles. The van der Waals surface area contributed by atoms with E-state index in [-0.39, 0.29) is 0 Å². The van der Waals surface area contributed by atoms with Crippen LogP contribution >= 0.6 is 0 Å². The molecule has 2 aliphatic rings. The van der Waals surface area contributed by atoms with Crippen LogP contribution in [-0.2, 0) is 6.54 Å². The fourth-order valence-corrected chi connectivity index (χ4v) is 3.46. The molecule has 0 bridgehead atoms. The number of hydrogen-bond donors (Lipinski definition) is 1. The van der Waals surface area contributed by atoms with Crippen molar-refractivity contribution in [1.29, 1.82) is 0 Å². The summed E-state index contributed by atoms with van der Waals surface area (Å²) in [5.41, 5.74) is 5.70. The normalized spacial score (nSPS) is 24.0. The Morgan fingerprint density at radius 2 is 1.96 bits per heavy atom. The molecular weight excluding hydrogens is 278 g/mol. The van der Waals surface area contributed by atoms with E-state index in [1.165, 1.54) is 22.3 Å². The molecule has 1 aromatic carbocycles. The lowest BCUT2D eigenvalue weighted by molar-refractivity contribution is 0.721. The van der Waals surface area contributed by atoms with Gasteiger partial charge in [-0.3, -0.25) is 0 Å². The third kappa shape index (κ3) is 3.67. The van der Waals surface area contributed by atoms with Gasteiger partial charge in [0.15, 0.2) is 0 Å². The first-order valence-electron chi connectivity index (χ1n) is 8.73. The standard InChI is InChI=1S/C22H27N/c1-16(2)18-8-10-19(11-9-18)20-12-13-23-15-21-6-4-5-7-22(21)17(3)14-20/h4-10,12-14,16-17,19,23H,11,15H2,1-3H3. The number of fused-ring (bicyclic) bond motifs is 1. The van der Waals surface area contributed by atoms with E-state index in [1.54, 1.807) is 0 Å². The Hall–Kier alpha value is -2.02. The van der Waals surface area contributed by atoms with Gasteiger partial charge >= 0.3 is 0 Å². The summed E-state index contributed by atoms with van der Waals surface area (Å²) in [4.78, 5) is 0. The summed E-state index contributed by atoms with van der Waals surface area (Å²) in [7, 11) is 0. The molecule has 1 heterocycles. The molecule has 2 atom stereocenters. The van der Waals surface area contributed by atoms with Gasteiger partial charge in [0.2, 0.25) is 0 Å². The highest BCUT2D eigenvalue weighted by Crippen LogP contribution is 2.31. The summed E-state index contributed by atoms with van der Waals surface area (Å²) in [5, 5.41) is 3.44.